The third-order valence-electron chi connectivity index (χ3n) is 3.75. The van der Waals surface area contributed by atoms with Gasteiger partial charge in [0.2, 0.25) is 5.91 Å². The first kappa shape index (κ1) is 17.3. The van der Waals surface area contributed by atoms with Crippen LogP contribution in [0.15, 0.2) is 46.3 Å². The van der Waals surface area contributed by atoms with E-state index in [-0.39, 0.29) is 11.2 Å². The largest absolute Gasteiger partial charge is 0.360 e. The first-order chi connectivity index (χ1) is 11.9. The van der Waals surface area contributed by atoms with Crippen molar-refractivity contribution in [2.75, 3.05) is 5.32 Å². The number of carbonyl (C=O) groups excluding carboxylic acids is 1. The van der Waals surface area contributed by atoms with Gasteiger partial charge in [0, 0.05) is 18.5 Å². The average Bonchev–Trinajstić information content (AvgIpc) is 3.16. The lowest BCUT2D eigenvalue weighted by Gasteiger charge is -2.14. The molecule has 2 heterocycles. The third kappa shape index (κ3) is 3.93. The number of thioether (sulfide) groups is 1. The Morgan fingerprint density at radius 1 is 1.28 bits per heavy atom. The van der Waals surface area contributed by atoms with E-state index in [0.29, 0.717) is 11.6 Å². The van der Waals surface area contributed by atoms with Crippen LogP contribution in [0.5, 0.6) is 0 Å². The maximum atomic E-state index is 12.4. The molecule has 1 amide bonds. The summed E-state index contributed by atoms with van der Waals surface area (Å²) in [5.74, 6) is 0.933. The Balaban J connectivity index is 1.75. The summed E-state index contributed by atoms with van der Waals surface area (Å²) in [4.78, 5) is 16.8. The molecule has 130 valence electrons. The number of aryl methyl sites for hydroxylation is 3. The summed E-state index contributed by atoms with van der Waals surface area (Å²) in [6.45, 7) is 7.76. The van der Waals surface area contributed by atoms with Crippen molar-refractivity contribution in [3.63, 3.8) is 0 Å². The molecule has 3 aromatic rings. The zero-order valence-electron chi connectivity index (χ0n) is 14.6. The van der Waals surface area contributed by atoms with Gasteiger partial charge in [0.1, 0.15) is 5.76 Å². The normalized spacial score (nSPS) is 12.2. The molecule has 0 fully saturated rings. The molecule has 1 atom stereocenters. The summed E-state index contributed by atoms with van der Waals surface area (Å²) >= 11 is 1.40. The molecule has 3 rings (SSSR count). The number of amides is 1. The van der Waals surface area contributed by atoms with E-state index in [1.54, 1.807) is 19.2 Å². The summed E-state index contributed by atoms with van der Waals surface area (Å²) in [6.07, 6.45) is 3.65. The molecule has 0 saturated heterocycles. The second-order valence-corrected chi connectivity index (χ2v) is 7.25. The molecule has 2 aromatic heterocycles. The minimum atomic E-state index is -0.330. The Kier molecular flexibility index (Phi) is 4.94. The zero-order valence-corrected chi connectivity index (χ0v) is 15.4. The number of nitrogens with zero attached hydrogens (tertiary/aromatic N) is 3. The molecule has 0 bridgehead atoms. The Labute approximate surface area is 150 Å². The quantitative estimate of drug-likeness (QED) is 0.702. The molecule has 0 aliphatic carbocycles. The van der Waals surface area contributed by atoms with Gasteiger partial charge >= 0.3 is 0 Å². The standard InChI is InChI=1S/C18H20N4O2S/c1-11-5-6-15(12(2)9-11)22-8-7-19-18(22)25-14(4)17(23)20-16-10-13(3)24-21-16/h5-10,14H,1-4H3,(H,20,21,23)/t14-/m1/s1. The average molecular weight is 356 g/mol. The van der Waals surface area contributed by atoms with Crippen LogP contribution in [0.25, 0.3) is 5.69 Å². The van der Waals surface area contributed by atoms with Gasteiger partial charge in [0.15, 0.2) is 11.0 Å². The highest BCUT2D eigenvalue weighted by Crippen LogP contribution is 2.27. The molecular weight excluding hydrogens is 336 g/mol. The minimum absolute atomic E-state index is 0.145. The van der Waals surface area contributed by atoms with E-state index in [1.165, 1.54) is 17.3 Å². The van der Waals surface area contributed by atoms with Crippen LogP contribution in [0.2, 0.25) is 0 Å². The number of nitrogens with one attached hydrogen (secondary N) is 1. The highest BCUT2D eigenvalue weighted by molar-refractivity contribution is 8.00. The van der Waals surface area contributed by atoms with Gasteiger partial charge in [-0.1, -0.05) is 34.6 Å². The van der Waals surface area contributed by atoms with Crippen LogP contribution in [0.3, 0.4) is 0 Å². The number of rotatable bonds is 5. The molecule has 0 radical (unpaired) electrons. The van der Waals surface area contributed by atoms with Crippen molar-refractivity contribution in [3.8, 4) is 5.69 Å². The highest BCUT2D eigenvalue weighted by atomic mass is 32.2. The van der Waals surface area contributed by atoms with E-state index in [4.69, 9.17) is 4.52 Å². The zero-order chi connectivity index (χ0) is 18.0. The second-order valence-electron chi connectivity index (χ2n) is 5.94. The Morgan fingerprint density at radius 3 is 2.76 bits per heavy atom. The number of imidazole rings is 1. The number of carbonyl (C=O) groups is 1. The van der Waals surface area contributed by atoms with Gasteiger partial charge in [-0.15, -0.1) is 0 Å². The fourth-order valence-electron chi connectivity index (χ4n) is 2.50. The first-order valence-electron chi connectivity index (χ1n) is 7.96. The maximum Gasteiger partial charge on any atom is 0.238 e. The minimum Gasteiger partial charge on any atom is -0.360 e. The predicted octanol–water partition coefficient (Wildman–Crippen LogP) is 3.90. The van der Waals surface area contributed by atoms with Gasteiger partial charge in [-0.3, -0.25) is 9.36 Å². The molecule has 0 aliphatic heterocycles. The van der Waals surface area contributed by atoms with Crippen molar-refractivity contribution in [1.29, 1.82) is 0 Å². The van der Waals surface area contributed by atoms with Crippen molar-refractivity contribution in [1.82, 2.24) is 14.7 Å². The first-order valence-corrected chi connectivity index (χ1v) is 8.84. The molecule has 0 unspecified atom stereocenters. The van der Waals surface area contributed by atoms with Crippen LogP contribution in [0.1, 0.15) is 23.8 Å². The monoisotopic (exact) mass is 356 g/mol. The van der Waals surface area contributed by atoms with Crippen molar-refractivity contribution in [2.24, 2.45) is 0 Å². The summed E-state index contributed by atoms with van der Waals surface area (Å²) in [5.41, 5.74) is 3.44. The molecule has 0 spiro atoms. The number of aromatic nitrogens is 3. The molecule has 0 aliphatic rings. The van der Waals surface area contributed by atoms with Gasteiger partial charge in [0.05, 0.1) is 10.9 Å². The SMILES string of the molecule is Cc1ccc(-n2ccnc2S[C@H](C)C(=O)Nc2cc(C)on2)c(C)c1. The molecule has 1 aromatic carbocycles. The van der Waals surface area contributed by atoms with Crippen LogP contribution in [-0.4, -0.2) is 25.9 Å². The maximum absolute atomic E-state index is 12.4. The van der Waals surface area contributed by atoms with E-state index in [9.17, 15) is 4.79 Å². The second kappa shape index (κ2) is 7.14. The molecule has 0 saturated carbocycles. The Bertz CT molecular complexity index is 900. The van der Waals surface area contributed by atoms with E-state index in [1.807, 2.05) is 17.7 Å². The van der Waals surface area contributed by atoms with Gasteiger partial charge < -0.3 is 9.84 Å². The third-order valence-corrected chi connectivity index (χ3v) is 4.83. The Morgan fingerprint density at radius 2 is 2.08 bits per heavy atom. The van der Waals surface area contributed by atoms with E-state index >= 15 is 0 Å². The van der Waals surface area contributed by atoms with Crippen molar-refractivity contribution in [3.05, 3.63) is 53.5 Å². The number of hydrogen-bond acceptors (Lipinski definition) is 5. The smallest absolute Gasteiger partial charge is 0.238 e. The van der Waals surface area contributed by atoms with E-state index in [2.05, 4.69) is 47.5 Å². The van der Waals surface area contributed by atoms with Gasteiger partial charge in [0.25, 0.3) is 0 Å². The number of anilines is 1. The van der Waals surface area contributed by atoms with Crippen LogP contribution in [0.4, 0.5) is 5.82 Å². The van der Waals surface area contributed by atoms with Crippen LogP contribution in [0, 0.1) is 20.8 Å². The van der Waals surface area contributed by atoms with Crippen LogP contribution >= 0.6 is 11.8 Å². The molecule has 25 heavy (non-hydrogen) atoms. The molecule has 7 heteroatoms. The highest BCUT2D eigenvalue weighted by Gasteiger charge is 2.19. The summed E-state index contributed by atoms with van der Waals surface area (Å²) in [5, 5.41) is 6.97. The molecule has 6 nitrogen and oxygen atoms in total. The van der Waals surface area contributed by atoms with Crippen LogP contribution in [-0.2, 0) is 4.79 Å². The fourth-order valence-corrected chi connectivity index (χ4v) is 3.38. The van der Waals surface area contributed by atoms with Gasteiger partial charge in [-0.25, -0.2) is 4.98 Å². The lowest BCUT2D eigenvalue weighted by Crippen LogP contribution is -2.23. The predicted molar refractivity (Wildman–Crippen MR) is 98.2 cm³/mol. The fraction of sp³-hybridized carbons (Fsp3) is 0.278. The molecule has 1 N–H and O–H groups in total. The van der Waals surface area contributed by atoms with Crippen LogP contribution < -0.4 is 5.32 Å². The summed E-state index contributed by atoms with van der Waals surface area (Å²) < 4.78 is 6.97. The van der Waals surface area contributed by atoms with Gasteiger partial charge in [-0.05, 0) is 39.3 Å². The number of benzene rings is 1. The Hall–Kier alpha value is -2.54. The number of hydrogen-bond donors (Lipinski definition) is 1. The summed E-state index contributed by atoms with van der Waals surface area (Å²) in [6, 6.07) is 7.96. The van der Waals surface area contributed by atoms with E-state index in [0.717, 1.165) is 16.4 Å². The lowest BCUT2D eigenvalue weighted by molar-refractivity contribution is -0.115. The van der Waals surface area contributed by atoms with Crippen molar-refractivity contribution in [2.45, 2.75) is 38.1 Å². The van der Waals surface area contributed by atoms with E-state index < -0.39 is 0 Å². The molecular formula is C18H20N4O2S. The lowest BCUT2D eigenvalue weighted by atomic mass is 10.1. The summed E-state index contributed by atoms with van der Waals surface area (Å²) in [7, 11) is 0. The van der Waals surface area contributed by atoms with Crippen molar-refractivity contribution >= 4 is 23.5 Å². The topological polar surface area (TPSA) is 73.0 Å². The van der Waals surface area contributed by atoms with Crippen molar-refractivity contribution < 1.29 is 9.32 Å². The van der Waals surface area contributed by atoms with Gasteiger partial charge in [-0.2, -0.15) is 0 Å².